The number of carbonyl (C=O) groups is 2. The molecule has 0 aliphatic carbocycles. The molecule has 0 spiro atoms. The number of likely N-dealkylation sites (tertiary alicyclic amines) is 1. The summed E-state index contributed by atoms with van der Waals surface area (Å²) in [6, 6.07) is -0.631. The quantitative estimate of drug-likeness (QED) is 0.740. The van der Waals surface area contributed by atoms with Crippen molar-refractivity contribution in [3.63, 3.8) is 0 Å². The van der Waals surface area contributed by atoms with Gasteiger partial charge in [-0.3, -0.25) is 4.79 Å². The fourth-order valence-corrected chi connectivity index (χ4v) is 1.89. The van der Waals surface area contributed by atoms with Crippen LogP contribution in [0.4, 0.5) is 0 Å². The summed E-state index contributed by atoms with van der Waals surface area (Å²) < 4.78 is 0. The minimum Gasteiger partial charge on any atom is -0.480 e. The summed E-state index contributed by atoms with van der Waals surface area (Å²) in [6.45, 7) is 8.08. The van der Waals surface area contributed by atoms with Crippen molar-refractivity contribution in [2.75, 3.05) is 6.54 Å². The van der Waals surface area contributed by atoms with E-state index in [0.717, 1.165) is 6.42 Å². The Morgan fingerprint density at radius 2 is 2.19 bits per heavy atom. The summed E-state index contributed by atoms with van der Waals surface area (Å²) in [4.78, 5) is 24.4. The van der Waals surface area contributed by atoms with Crippen LogP contribution in [0.5, 0.6) is 0 Å². The summed E-state index contributed by atoms with van der Waals surface area (Å²) >= 11 is 0. The second-order valence-corrected chi connectivity index (χ2v) is 4.95. The molecule has 0 aromatic carbocycles. The van der Waals surface area contributed by atoms with Gasteiger partial charge in [0.2, 0.25) is 5.91 Å². The smallest absolute Gasteiger partial charge is 0.326 e. The molecule has 4 nitrogen and oxygen atoms in total. The van der Waals surface area contributed by atoms with Gasteiger partial charge < -0.3 is 10.0 Å². The standard InChI is InChI=1S/C12H19NO3/c1-4-12(2,3)8-10(14)13-7-5-6-9(13)11(15)16/h4,9H,1,5-8H2,2-3H3,(H,15,16)/t9-/m0/s1. The van der Waals surface area contributed by atoms with E-state index in [-0.39, 0.29) is 11.3 Å². The fourth-order valence-electron chi connectivity index (χ4n) is 1.89. The highest BCUT2D eigenvalue weighted by Crippen LogP contribution is 2.26. The van der Waals surface area contributed by atoms with Crippen molar-refractivity contribution in [3.05, 3.63) is 12.7 Å². The van der Waals surface area contributed by atoms with Gasteiger partial charge in [0, 0.05) is 13.0 Å². The van der Waals surface area contributed by atoms with Gasteiger partial charge in [-0.15, -0.1) is 6.58 Å². The van der Waals surface area contributed by atoms with Crippen LogP contribution in [-0.2, 0) is 9.59 Å². The minimum atomic E-state index is -0.901. The third-order valence-corrected chi connectivity index (χ3v) is 3.02. The number of nitrogens with zero attached hydrogens (tertiary/aromatic N) is 1. The molecule has 1 aliphatic rings. The normalized spacial score (nSPS) is 20.9. The number of aliphatic carboxylic acids is 1. The Bertz CT molecular complexity index is 309. The highest BCUT2D eigenvalue weighted by Gasteiger charge is 2.35. The average Bonchev–Trinajstić information content (AvgIpc) is 2.65. The molecule has 16 heavy (non-hydrogen) atoms. The van der Waals surface area contributed by atoms with E-state index >= 15 is 0 Å². The molecular formula is C12H19NO3. The minimum absolute atomic E-state index is 0.0881. The predicted molar refractivity (Wildman–Crippen MR) is 61.0 cm³/mol. The largest absolute Gasteiger partial charge is 0.480 e. The summed E-state index contributed by atoms with van der Waals surface area (Å²) in [6.07, 6.45) is 3.39. The molecule has 0 aromatic heterocycles. The molecule has 1 fully saturated rings. The average molecular weight is 225 g/mol. The third kappa shape index (κ3) is 2.84. The summed E-state index contributed by atoms with van der Waals surface area (Å²) in [7, 11) is 0. The lowest BCUT2D eigenvalue weighted by molar-refractivity contribution is -0.148. The van der Waals surface area contributed by atoms with Gasteiger partial charge in [0.1, 0.15) is 6.04 Å². The first kappa shape index (κ1) is 12.7. The Hall–Kier alpha value is -1.32. The predicted octanol–water partition coefficient (Wildman–Crippen LogP) is 1.66. The highest BCUT2D eigenvalue weighted by atomic mass is 16.4. The van der Waals surface area contributed by atoms with E-state index in [9.17, 15) is 9.59 Å². The van der Waals surface area contributed by atoms with Crippen LogP contribution in [0.3, 0.4) is 0 Å². The van der Waals surface area contributed by atoms with Crippen molar-refractivity contribution < 1.29 is 14.7 Å². The zero-order valence-corrected chi connectivity index (χ0v) is 9.90. The lowest BCUT2D eigenvalue weighted by atomic mass is 9.89. The molecule has 1 N–H and O–H groups in total. The van der Waals surface area contributed by atoms with Gasteiger partial charge in [-0.05, 0) is 18.3 Å². The van der Waals surface area contributed by atoms with E-state index in [4.69, 9.17) is 5.11 Å². The van der Waals surface area contributed by atoms with E-state index in [0.29, 0.717) is 19.4 Å². The molecule has 90 valence electrons. The van der Waals surface area contributed by atoms with Crippen LogP contribution in [0.2, 0.25) is 0 Å². The van der Waals surface area contributed by atoms with Crippen molar-refractivity contribution in [2.24, 2.45) is 5.41 Å². The highest BCUT2D eigenvalue weighted by molar-refractivity contribution is 5.84. The van der Waals surface area contributed by atoms with Gasteiger partial charge in [0.15, 0.2) is 0 Å². The van der Waals surface area contributed by atoms with Crippen LogP contribution in [0.15, 0.2) is 12.7 Å². The number of carbonyl (C=O) groups excluding carboxylic acids is 1. The van der Waals surface area contributed by atoms with Gasteiger partial charge in [-0.25, -0.2) is 4.79 Å². The van der Waals surface area contributed by atoms with Gasteiger partial charge in [0.05, 0.1) is 0 Å². The molecule has 0 unspecified atom stereocenters. The molecule has 0 bridgehead atoms. The van der Waals surface area contributed by atoms with Crippen LogP contribution in [0, 0.1) is 5.41 Å². The van der Waals surface area contributed by atoms with Crippen molar-refractivity contribution in [2.45, 2.75) is 39.2 Å². The maximum Gasteiger partial charge on any atom is 0.326 e. The molecular weight excluding hydrogens is 206 g/mol. The SMILES string of the molecule is C=CC(C)(C)CC(=O)N1CCC[C@H]1C(=O)O. The first-order valence-electron chi connectivity index (χ1n) is 5.53. The van der Waals surface area contributed by atoms with Crippen molar-refractivity contribution in [1.29, 1.82) is 0 Å². The van der Waals surface area contributed by atoms with E-state index in [1.165, 1.54) is 4.90 Å². The van der Waals surface area contributed by atoms with Crippen molar-refractivity contribution >= 4 is 11.9 Å². The Kier molecular flexibility index (Phi) is 3.73. The molecule has 1 atom stereocenters. The van der Waals surface area contributed by atoms with Gasteiger partial charge >= 0.3 is 5.97 Å². The number of carboxylic acids is 1. The Morgan fingerprint density at radius 3 is 2.69 bits per heavy atom. The number of allylic oxidation sites excluding steroid dienone is 1. The fraction of sp³-hybridized carbons (Fsp3) is 0.667. The second-order valence-electron chi connectivity index (χ2n) is 4.95. The Morgan fingerprint density at radius 1 is 1.56 bits per heavy atom. The molecule has 1 saturated heterocycles. The Labute approximate surface area is 95.9 Å². The molecule has 1 amide bonds. The number of hydrogen-bond donors (Lipinski definition) is 1. The van der Waals surface area contributed by atoms with E-state index in [2.05, 4.69) is 6.58 Å². The van der Waals surface area contributed by atoms with Gasteiger partial charge in [-0.2, -0.15) is 0 Å². The van der Waals surface area contributed by atoms with Crippen LogP contribution >= 0.6 is 0 Å². The lowest BCUT2D eigenvalue weighted by Crippen LogP contribution is -2.41. The number of hydrogen-bond acceptors (Lipinski definition) is 2. The van der Waals surface area contributed by atoms with Crippen LogP contribution in [-0.4, -0.2) is 34.5 Å². The molecule has 1 rings (SSSR count). The van der Waals surface area contributed by atoms with Gasteiger partial charge in [-0.1, -0.05) is 19.9 Å². The van der Waals surface area contributed by atoms with Gasteiger partial charge in [0.25, 0.3) is 0 Å². The molecule has 0 aromatic rings. The van der Waals surface area contributed by atoms with E-state index in [1.54, 1.807) is 6.08 Å². The van der Waals surface area contributed by atoms with Crippen LogP contribution in [0.25, 0.3) is 0 Å². The first-order chi connectivity index (χ1) is 7.37. The maximum atomic E-state index is 11.9. The van der Waals surface area contributed by atoms with E-state index in [1.807, 2.05) is 13.8 Å². The molecule has 1 heterocycles. The monoisotopic (exact) mass is 225 g/mol. The topological polar surface area (TPSA) is 57.6 Å². The second kappa shape index (κ2) is 4.68. The number of rotatable bonds is 4. The Balaban J connectivity index is 2.67. The summed E-state index contributed by atoms with van der Waals surface area (Å²) in [5.74, 6) is -0.989. The maximum absolute atomic E-state index is 11.9. The van der Waals surface area contributed by atoms with Crippen LogP contribution < -0.4 is 0 Å². The molecule has 0 saturated carbocycles. The van der Waals surface area contributed by atoms with Crippen LogP contribution in [0.1, 0.15) is 33.1 Å². The lowest BCUT2D eigenvalue weighted by Gasteiger charge is -2.26. The number of carboxylic acid groups (broad SMARTS) is 1. The molecule has 0 radical (unpaired) electrons. The molecule has 1 aliphatic heterocycles. The summed E-state index contributed by atoms with van der Waals surface area (Å²) in [5, 5.41) is 8.97. The van der Waals surface area contributed by atoms with Crippen molar-refractivity contribution in [3.8, 4) is 0 Å². The summed E-state index contributed by atoms with van der Waals surface area (Å²) in [5.41, 5.74) is -0.275. The zero-order chi connectivity index (χ0) is 12.3. The molecule has 4 heteroatoms. The third-order valence-electron chi connectivity index (χ3n) is 3.02. The van der Waals surface area contributed by atoms with Crippen molar-refractivity contribution in [1.82, 2.24) is 4.90 Å². The van der Waals surface area contributed by atoms with E-state index < -0.39 is 12.0 Å². The number of amides is 1. The first-order valence-corrected chi connectivity index (χ1v) is 5.53. The zero-order valence-electron chi connectivity index (χ0n) is 9.90.